The molecule has 0 saturated carbocycles. The molecule has 0 aliphatic heterocycles. The summed E-state index contributed by atoms with van der Waals surface area (Å²) in [6, 6.07) is 6.77. The van der Waals surface area contributed by atoms with Crippen molar-refractivity contribution in [2.75, 3.05) is 10.6 Å². The Morgan fingerprint density at radius 1 is 1.12 bits per heavy atom. The molecule has 0 fully saturated rings. The number of rotatable bonds is 8. The van der Waals surface area contributed by atoms with E-state index < -0.39 is 0 Å². The summed E-state index contributed by atoms with van der Waals surface area (Å²) in [6.07, 6.45) is 0.975. The monoisotopic (exact) mass is 392 g/mol. The number of benzene rings is 1. The standard InChI is InChI=1S/C17H20N4O3S2/c1-4-13(25-17-21-20-16(26-17)19-14(23)5-2)15(24)18-12-8-6-11(7-9-12)10(3)22/h6-9,13H,4-5H2,1-3H3,(H,18,24)(H,19,20,23). The molecule has 138 valence electrons. The predicted octanol–water partition coefficient (Wildman–Crippen LogP) is 3.60. The Morgan fingerprint density at radius 2 is 1.81 bits per heavy atom. The van der Waals surface area contributed by atoms with Crippen LogP contribution >= 0.6 is 23.1 Å². The number of thioether (sulfide) groups is 1. The largest absolute Gasteiger partial charge is 0.325 e. The lowest BCUT2D eigenvalue weighted by atomic mass is 10.1. The van der Waals surface area contributed by atoms with E-state index in [1.165, 1.54) is 30.0 Å². The summed E-state index contributed by atoms with van der Waals surface area (Å²) in [6.45, 7) is 5.17. The van der Waals surface area contributed by atoms with E-state index in [9.17, 15) is 14.4 Å². The lowest BCUT2D eigenvalue weighted by Crippen LogP contribution is -2.24. The molecule has 1 heterocycles. The highest BCUT2D eigenvalue weighted by atomic mass is 32.2. The molecule has 0 aliphatic carbocycles. The van der Waals surface area contributed by atoms with Crippen molar-refractivity contribution in [1.29, 1.82) is 0 Å². The van der Waals surface area contributed by atoms with Crippen molar-refractivity contribution in [2.45, 2.75) is 43.2 Å². The first-order valence-electron chi connectivity index (χ1n) is 8.14. The Bertz CT molecular complexity index is 790. The molecule has 1 aromatic carbocycles. The Labute approximate surface area is 160 Å². The van der Waals surface area contributed by atoms with Crippen LogP contribution in [0, 0.1) is 0 Å². The van der Waals surface area contributed by atoms with Crippen LogP contribution in [0.4, 0.5) is 10.8 Å². The molecule has 0 saturated heterocycles. The van der Waals surface area contributed by atoms with Crippen LogP contribution in [0.1, 0.15) is 44.0 Å². The molecule has 0 radical (unpaired) electrons. The van der Waals surface area contributed by atoms with E-state index in [0.29, 0.717) is 33.6 Å². The van der Waals surface area contributed by atoms with Crippen LogP contribution in [0.2, 0.25) is 0 Å². The maximum Gasteiger partial charge on any atom is 0.237 e. The lowest BCUT2D eigenvalue weighted by molar-refractivity contribution is -0.116. The summed E-state index contributed by atoms with van der Waals surface area (Å²) in [4.78, 5) is 35.2. The van der Waals surface area contributed by atoms with Crippen molar-refractivity contribution in [3.05, 3.63) is 29.8 Å². The molecule has 1 atom stereocenters. The van der Waals surface area contributed by atoms with Crippen LogP contribution in [-0.2, 0) is 9.59 Å². The third-order valence-corrected chi connectivity index (χ3v) is 5.73. The van der Waals surface area contributed by atoms with Gasteiger partial charge in [0.25, 0.3) is 0 Å². The highest BCUT2D eigenvalue weighted by Gasteiger charge is 2.20. The lowest BCUT2D eigenvalue weighted by Gasteiger charge is -2.13. The normalized spacial score (nSPS) is 11.7. The van der Waals surface area contributed by atoms with Gasteiger partial charge in [0.05, 0.1) is 5.25 Å². The smallest absolute Gasteiger partial charge is 0.237 e. The van der Waals surface area contributed by atoms with Gasteiger partial charge in [-0.1, -0.05) is 36.9 Å². The zero-order valence-corrected chi connectivity index (χ0v) is 16.4. The molecule has 0 aliphatic rings. The number of nitrogens with one attached hydrogen (secondary N) is 2. The minimum atomic E-state index is -0.342. The average Bonchev–Trinajstić information content (AvgIpc) is 3.06. The first-order chi connectivity index (χ1) is 12.4. The quantitative estimate of drug-likeness (QED) is 0.404. The number of hydrogen-bond acceptors (Lipinski definition) is 7. The average molecular weight is 393 g/mol. The number of carbonyl (C=O) groups excluding carboxylic acids is 3. The van der Waals surface area contributed by atoms with Gasteiger partial charge in [0.2, 0.25) is 16.9 Å². The van der Waals surface area contributed by atoms with Crippen molar-refractivity contribution in [3.8, 4) is 0 Å². The van der Waals surface area contributed by atoms with Crippen LogP contribution < -0.4 is 10.6 Å². The van der Waals surface area contributed by atoms with Gasteiger partial charge in [-0.15, -0.1) is 10.2 Å². The minimum absolute atomic E-state index is 0.0212. The topological polar surface area (TPSA) is 101 Å². The third kappa shape index (κ3) is 5.63. The van der Waals surface area contributed by atoms with Gasteiger partial charge in [0.15, 0.2) is 10.1 Å². The summed E-state index contributed by atoms with van der Waals surface area (Å²) >= 11 is 2.55. The number of Topliss-reactive ketones (excluding diaryl/α,β-unsaturated/α-hetero) is 1. The van der Waals surface area contributed by atoms with E-state index in [1.807, 2.05) is 6.92 Å². The van der Waals surface area contributed by atoms with E-state index in [4.69, 9.17) is 0 Å². The third-order valence-electron chi connectivity index (χ3n) is 3.44. The molecular formula is C17H20N4O3S2. The highest BCUT2D eigenvalue weighted by Crippen LogP contribution is 2.31. The van der Waals surface area contributed by atoms with Gasteiger partial charge < -0.3 is 10.6 Å². The summed E-state index contributed by atoms with van der Waals surface area (Å²) < 4.78 is 0.616. The van der Waals surface area contributed by atoms with Crippen LogP contribution in [0.25, 0.3) is 0 Å². The zero-order chi connectivity index (χ0) is 19.1. The van der Waals surface area contributed by atoms with Crippen molar-refractivity contribution in [3.63, 3.8) is 0 Å². The molecule has 9 heteroatoms. The van der Waals surface area contributed by atoms with E-state index in [1.54, 1.807) is 31.2 Å². The Morgan fingerprint density at radius 3 is 2.38 bits per heavy atom. The van der Waals surface area contributed by atoms with E-state index in [-0.39, 0.29) is 22.8 Å². The molecular weight excluding hydrogens is 372 g/mol. The van der Waals surface area contributed by atoms with Crippen LogP contribution in [0.15, 0.2) is 28.6 Å². The van der Waals surface area contributed by atoms with Crippen LogP contribution in [0.3, 0.4) is 0 Å². The van der Waals surface area contributed by atoms with Gasteiger partial charge in [-0.05, 0) is 37.6 Å². The highest BCUT2D eigenvalue weighted by molar-refractivity contribution is 8.02. The Kier molecular flexibility index (Phi) is 7.28. The SMILES string of the molecule is CCC(=O)Nc1nnc(SC(CC)C(=O)Nc2ccc(C(C)=O)cc2)s1. The first kappa shape index (κ1) is 20.1. The van der Waals surface area contributed by atoms with Crippen molar-refractivity contribution in [1.82, 2.24) is 10.2 Å². The molecule has 0 bridgehead atoms. The number of aromatic nitrogens is 2. The summed E-state index contributed by atoms with van der Waals surface area (Å²) in [7, 11) is 0. The molecule has 1 aromatic heterocycles. The van der Waals surface area contributed by atoms with Crippen LogP contribution in [-0.4, -0.2) is 33.0 Å². The van der Waals surface area contributed by atoms with Gasteiger partial charge >= 0.3 is 0 Å². The maximum atomic E-state index is 12.5. The molecule has 2 N–H and O–H groups in total. The van der Waals surface area contributed by atoms with E-state index in [2.05, 4.69) is 20.8 Å². The minimum Gasteiger partial charge on any atom is -0.325 e. The van der Waals surface area contributed by atoms with E-state index >= 15 is 0 Å². The molecule has 2 rings (SSSR count). The van der Waals surface area contributed by atoms with Crippen molar-refractivity contribution in [2.24, 2.45) is 0 Å². The number of amides is 2. The Balaban J connectivity index is 1.98. The molecule has 0 spiro atoms. The van der Waals surface area contributed by atoms with Crippen LogP contribution in [0.5, 0.6) is 0 Å². The second-order valence-corrected chi connectivity index (χ2v) is 7.84. The fourth-order valence-corrected chi connectivity index (χ4v) is 3.91. The molecule has 2 amide bonds. The fraction of sp³-hybridized carbons (Fsp3) is 0.353. The maximum absolute atomic E-state index is 12.5. The number of anilines is 2. The molecule has 26 heavy (non-hydrogen) atoms. The van der Waals surface area contributed by atoms with Gasteiger partial charge in [0.1, 0.15) is 0 Å². The van der Waals surface area contributed by atoms with Crippen molar-refractivity contribution >= 4 is 51.5 Å². The predicted molar refractivity (Wildman–Crippen MR) is 104 cm³/mol. The second kappa shape index (κ2) is 9.44. The number of nitrogens with zero attached hydrogens (tertiary/aromatic N) is 2. The summed E-state index contributed by atoms with van der Waals surface area (Å²) in [5.74, 6) is -0.300. The summed E-state index contributed by atoms with van der Waals surface area (Å²) in [5.41, 5.74) is 1.23. The van der Waals surface area contributed by atoms with Crippen molar-refractivity contribution < 1.29 is 14.4 Å². The molecule has 1 unspecified atom stereocenters. The van der Waals surface area contributed by atoms with Gasteiger partial charge in [0, 0.05) is 17.7 Å². The van der Waals surface area contributed by atoms with E-state index in [0.717, 1.165) is 0 Å². The van der Waals surface area contributed by atoms with Gasteiger partial charge in [-0.25, -0.2) is 0 Å². The number of hydrogen-bond donors (Lipinski definition) is 2. The Hall–Kier alpha value is -2.26. The zero-order valence-electron chi connectivity index (χ0n) is 14.7. The number of carbonyl (C=O) groups is 3. The number of ketones is 1. The molecule has 7 nitrogen and oxygen atoms in total. The first-order valence-corrected chi connectivity index (χ1v) is 9.84. The molecule has 2 aromatic rings. The van der Waals surface area contributed by atoms with Gasteiger partial charge in [-0.3, -0.25) is 14.4 Å². The fourth-order valence-electron chi connectivity index (χ4n) is 1.97. The van der Waals surface area contributed by atoms with Gasteiger partial charge in [-0.2, -0.15) is 0 Å². The second-order valence-electron chi connectivity index (χ2n) is 5.41. The summed E-state index contributed by atoms with van der Waals surface area (Å²) in [5, 5.41) is 13.5.